The van der Waals surface area contributed by atoms with E-state index in [1.807, 2.05) is 66.7 Å². The molecule has 0 heterocycles. The lowest BCUT2D eigenvalue weighted by Gasteiger charge is -2.23. The molecule has 4 heteroatoms. The number of benzene rings is 2. The number of hydrogen-bond acceptors (Lipinski definition) is 4. The monoisotopic (exact) mass is 338 g/mol. The molecule has 25 heavy (non-hydrogen) atoms. The van der Waals surface area contributed by atoms with Crippen LogP contribution in [0.1, 0.15) is 24.5 Å². The van der Waals surface area contributed by atoms with Crippen LogP contribution in [-0.2, 0) is 32.2 Å². The summed E-state index contributed by atoms with van der Waals surface area (Å²) in [5.41, 5.74) is 2.17. The highest BCUT2D eigenvalue weighted by Gasteiger charge is 2.34. The van der Waals surface area contributed by atoms with E-state index < -0.39 is 0 Å². The van der Waals surface area contributed by atoms with E-state index in [0.29, 0.717) is 25.4 Å². The summed E-state index contributed by atoms with van der Waals surface area (Å²) in [6.07, 6.45) is 1.99. The second-order valence-electron chi connectivity index (χ2n) is 5.99. The second kappa shape index (κ2) is 8.60. The fraction of sp³-hybridized carbons (Fsp3) is 0.286. The van der Waals surface area contributed by atoms with Crippen molar-refractivity contribution in [2.45, 2.75) is 38.8 Å². The normalized spacial score (nSPS) is 19.5. The molecule has 0 N–H and O–H groups in total. The molecule has 1 aliphatic carbocycles. The van der Waals surface area contributed by atoms with E-state index in [1.165, 1.54) is 6.92 Å². The van der Waals surface area contributed by atoms with E-state index in [1.54, 1.807) is 0 Å². The third-order valence-electron chi connectivity index (χ3n) is 4.01. The van der Waals surface area contributed by atoms with Gasteiger partial charge < -0.3 is 14.2 Å². The number of rotatable bonds is 7. The summed E-state index contributed by atoms with van der Waals surface area (Å²) in [6.45, 7) is 2.33. The van der Waals surface area contributed by atoms with Crippen molar-refractivity contribution in [3.63, 3.8) is 0 Å². The maximum atomic E-state index is 11.3. The molecular weight excluding hydrogens is 316 g/mol. The largest absolute Gasteiger partial charge is 0.429 e. The van der Waals surface area contributed by atoms with Gasteiger partial charge in [-0.25, -0.2) is 0 Å². The van der Waals surface area contributed by atoms with Gasteiger partial charge in [0, 0.05) is 6.92 Å². The molecule has 0 spiro atoms. The van der Waals surface area contributed by atoms with Crippen molar-refractivity contribution < 1.29 is 19.0 Å². The number of ether oxygens (including phenoxy) is 3. The lowest BCUT2D eigenvalue weighted by Crippen LogP contribution is -2.30. The molecule has 0 aromatic heterocycles. The Morgan fingerprint density at radius 3 is 2.04 bits per heavy atom. The minimum absolute atomic E-state index is 0.168. The second-order valence-corrected chi connectivity index (χ2v) is 5.99. The van der Waals surface area contributed by atoms with E-state index in [4.69, 9.17) is 14.2 Å². The summed E-state index contributed by atoms with van der Waals surface area (Å²) in [5.74, 6) is 0.199. The highest BCUT2D eigenvalue weighted by atomic mass is 16.6. The van der Waals surface area contributed by atoms with Crippen LogP contribution in [0.5, 0.6) is 0 Å². The van der Waals surface area contributed by atoms with Crippen LogP contribution in [0.3, 0.4) is 0 Å². The van der Waals surface area contributed by atoms with Gasteiger partial charge >= 0.3 is 5.97 Å². The molecule has 0 fully saturated rings. The van der Waals surface area contributed by atoms with E-state index in [2.05, 4.69) is 0 Å². The Morgan fingerprint density at radius 2 is 1.48 bits per heavy atom. The molecule has 0 bridgehead atoms. The third-order valence-corrected chi connectivity index (χ3v) is 4.01. The van der Waals surface area contributed by atoms with Crippen LogP contribution in [0.4, 0.5) is 0 Å². The summed E-state index contributed by atoms with van der Waals surface area (Å²) in [7, 11) is 0. The standard InChI is InChI=1S/C21H22O4/c1-16(22)25-20-13-12-19(23-14-17-8-4-2-5-9-17)21(20)24-15-18-10-6-3-7-11-18/h2-11,13,19,21H,12,14-15H2,1H3. The van der Waals surface area contributed by atoms with Crippen LogP contribution in [-0.4, -0.2) is 18.2 Å². The fourth-order valence-corrected chi connectivity index (χ4v) is 2.80. The molecule has 4 nitrogen and oxygen atoms in total. The van der Waals surface area contributed by atoms with Crippen LogP contribution in [0.15, 0.2) is 72.5 Å². The molecule has 3 rings (SSSR count). The topological polar surface area (TPSA) is 44.8 Å². The van der Waals surface area contributed by atoms with E-state index in [-0.39, 0.29) is 18.2 Å². The first-order valence-corrected chi connectivity index (χ1v) is 8.42. The van der Waals surface area contributed by atoms with Gasteiger partial charge in [0.05, 0.1) is 19.3 Å². The van der Waals surface area contributed by atoms with Crippen molar-refractivity contribution in [1.29, 1.82) is 0 Å². The minimum atomic E-state index is -0.382. The predicted octanol–water partition coefficient (Wildman–Crippen LogP) is 4.01. The first-order valence-electron chi connectivity index (χ1n) is 8.42. The van der Waals surface area contributed by atoms with Gasteiger partial charge in [-0.15, -0.1) is 0 Å². The summed E-state index contributed by atoms with van der Waals surface area (Å²) in [5, 5.41) is 0. The molecular formula is C21H22O4. The Hall–Kier alpha value is -2.43. The Labute approximate surface area is 148 Å². The smallest absolute Gasteiger partial charge is 0.307 e. The Bertz CT molecular complexity index is 709. The number of hydrogen-bond donors (Lipinski definition) is 0. The number of carbonyl (C=O) groups excluding carboxylic acids is 1. The van der Waals surface area contributed by atoms with Crippen LogP contribution in [0.2, 0.25) is 0 Å². The van der Waals surface area contributed by atoms with E-state index in [0.717, 1.165) is 11.1 Å². The lowest BCUT2D eigenvalue weighted by molar-refractivity contribution is -0.141. The van der Waals surface area contributed by atoms with Gasteiger partial charge in [0.25, 0.3) is 0 Å². The molecule has 2 atom stereocenters. The van der Waals surface area contributed by atoms with Crippen LogP contribution in [0, 0.1) is 0 Å². The first kappa shape index (κ1) is 17.4. The van der Waals surface area contributed by atoms with Crippen molar-refractivity contribution in [3.8, 4) is 0 Å². The van der Waals surface area contributed by atoms with Gasteiger partial charge in [0.2, 0.25) is 0 Å². The van der Waals surface area contributed by atoms with Crippen molar-refractivity contribution >= 4 is 5.97 Å². The zero-order chi connectivity index (χ0) is 17.5. The van der Waals surface area contributed by atoms with Gasteiger partial charge in [-0.3, -0.25) is 4.79 Å². The number of carbonyl (C=O) groups is 1. The Balaban J connectivity index is 1.63. The molecule has 1 aliphatic rings. The van der Waals surface area contributed by atoms with Gasteiger partial charge in [0.15, 0.2) is 0 Å². The van der Waals surface area contributed by atoms with Crippen molar-refractivity contribution in [2.75, 3.05) is 0 Å². The van der Waals surface area contributed by atoms with E-state index in [9.17, 15) is 4.79 Å². The molecule has 0 saturated heterocycles. The maximum absolute atomic E-state index is 11.3. The fourth-order valence-electron chi connectivity index (χ4n) is 2.80. The Kier molecular flexibility index (Phi) is 5.99. The molecule has 0 amide bonds. The molecule has 2 aromatic carbocycles. The third kappa shape index (κ3) is 5.02. The predicted molar refractivity (Wildman–Crippen MR) is 94.5 cm³/mol. The summed E-state index contributed by atoms with van der Waals surface area (Å²) >= 11 is 0. The Morgan fingerprint density at radius 1 is 0.920 bits per heavy atom. The molecule has 130 valence electrons. The van der Waals surface area contributed by atoms with Crippen molar-refractivity contribution in [2.24, 2.45) is 0 Å². The summed E-state index contributed by atoms with van der Waals surface area (Å²) in [6, 6.07) is 19.9. The zero-order valence-electron chi connectivity index (χ0n) is 14.3. The van der Waals surface area contributed by atoms with Gasteiger partial charge in [-0.2, -0.15) is 0 Å². The molecule has 2 aromatic rings. The van der Waals surface area contributed by atoms with E-state index >= 15 is 0 Å². The first-order chi connectivity index (χ1) is 12.2. The number of esters is 1. The molecule has 0 saturated carbocycles. The van der Waals surface area contributed by atoms with Crippen molar-refractivity contribution in [3.05, 3.63) is 83.6 Å². The average Bonchev–Trinajstić information content (AvgIpc) is 3.01. The molecule has 0 radical (unpaired) electrons. The minimum Gasteiger partial charge on any atom is -0.429 e. The quantitative estimate of drug-likeness (QED) is 0.716. The summed E-state index contributed by atoms with van der Waals surface area (Å²) < 4.78 is 17.4. The molecule has 0 aliphatic heterocycles. The lowest BCUT2D eigenvalue weighted by atomic mass is 10.2. The van der Waals surface area contributed by atoms with Crippen LogP contribution >= 0.6 is 0 Å². The zero-order valence-corrected chi connectivity index (χ0v) is 14.3. The van der Waals surface area contributed by atoms with Gasteiger partial charge in [-0.05, 0) is 23.6 Å². The highest BCUT2D eigenvalue weighted by molar-refractivity contribution is 5.67. The molecule has 2 unspecified atom stereocenters. The van der Waals surface area contributed by atoms with Crippen molar-refractivity contribution in [1.82, 2.24) is 0 Å². The van der Waals surface area contributed by atoms with Crippen LogP contribution < -0.4 is 0 Å². The average molecular weight is 338 g/mol. The summed E-state index contributed by atoms with van der Waals surface area (Å²) in [4.78, 5) is 11.3. The van der Waals surface area contributed by atoms with Crippen LogP contribution in [0.25, 0.3) is 0 Å². The SMILES string of the molecule is CC(=O)OC1=CCC(OCc2ccccc2)C1OCc1ccccc1. The maximum Gasteiger partial charge on any atom is 0.307 e. The van der Waals surface area contributed by atoms with Gasteiger partial charge in [0.1, 0.15) is 11.9 Å². The highest BCUT2D eigenvalue weighted by Crippen LogP contribution is 2.28. The van der Waals surface area contributed by atoms with Gasteiger partial charge in [-0.1, -0.05) is 60.7 Å².